The van der Waals surface area contributed by atoms with Crippen LogP contribution in [0.25, 0.3) is 0 Å². The number of benzene rings is 1. The van der Waals surface area contributed by atoms with Crippen LogP contribution in [-0.4, -0.2) is 40.6 Å². The summed E-state index contributed by atoms with van der Waals surface area (Å²) in [6.07, 6.45) is 1.53. The Labute approximate surface area is 232 Å². The molecule has 3 atom stereocenters. The van der Waals surface area contributed by atoms with E-state index in [2.05, 4.69) is 0 Å². The smallest absolute Gasteiger partial charge is 0.324 e. The first kappa shape index (κ1) is 34.1. The van der Waals surface area contributed by atoms with E-state index in [1.807, 2.05) is 20.8 Å². The second-order valence-electron chi connectivity index (χ2n) is 11.8. The molecule has 0 amide bonds. The number of aliphatic carboxylic acids is 1. The van der Waals surface area contributed by atoms with Crippen molar-refractivity contribution in [2.75, 3.05) is 0 Å². The van der Waals surface area contributed by atoms with E-state index < -0.39 is 46.4 Å². The van der Waals surface area contributed by atoms with Gasteiger partial charge in [-0.2, -0.15) is 0 Å². The number of hydrogen-bond donors (Lipinski definition) is 2. The zero-order valence-electron chi connectivity index (χ0n) is 25.0. The molecule has 1 rings (SSSR count). The molecule has 0 aliphatic heterocycles. The lowest BCUT2D eigenvalue weighted by molar-refractivity contribution is -0.156. The summed E-state index contributed by atoms with van der Waals surface area (Å²) >= 11 is 0. The van der Waals surface area contributed by atoms with Gasteiger partial charge in [0.2, 0.25) is 0 Å². The van der Waals surface area contributed by atoms with Crippen molar-refractivity contribution in [1.29, 1.82) is 0 Å². The average molecular weight is 550 g/mol. The van der Waals surface area contributed by atoms with E-state index in [4.69, 9.17) is 19.9 Å². The monoisotopic (exact) mass is 549 g/mol. The third-order valence-corrected chi connectivity index (χ3v) is 7.32. The number of carbonyl (C=O) groups is 4. The lowest BCUT2D eigenvalue weighted by Crippen LogP contribution is -2.52. The Bertz CT molecular complexity index is 1030. The summed E-state index contributed by atoms with van der Waals surface area (Å²) in [7, 11) is 0. The fourth-order valence-corrected chi connectivity index (χ4v) is 3.61. The molecule has 0 aliphatic rings. The number of ether oxygens (including phenoxy) is 3. The molecule has 0 spiro atoms. The molecular formula is C30H47NO8. The lowest BCUT2D eigenvalue weighted by Gasteiger charge is -2.29. The lowest BCUT2D eigenvalue weighted by atomic mass is 9.86. The predicted octanol–water partition coefficient (Wildman–Crippen LogP) is 5.45. The maximum atomic E-state index is 12.9. The molecule has 220 valence electrons. The van der Waals surface area contributed by atoms with Crippen molar-refractivity contribution in [1.82, 2.24) is 0 Å². The van der Waals surface area contributed by atoms with Crippen LogP contribution in [-0.2, 0) is 30.3 Å². The minimum absolute atomic E-state index is 0.000108. The maximum absolute atomic E-state index is 12.9. The molecule has 0 aromatic heterocycles. The van der Waals surface area contributed by atoms with Crippen LogP contribution in [0.1, 0.15) is 100.0 Å². The fourth-order valence-electron chi connectivity index (χ4n) is 3.61. The van der Waals surface area contributed by atoms with E-state index in [-0.39, 0.29) is 30.3 Å². The average Bonchev–Trinajstić information content (AvgIpc) is 2.85. The largest absolute Gasteiger partial charge is 0.480 e. The van der Waals surface area contributed by atoms with Gasteiger partial charge in [0.05, 0.1) is 16.7 Å². The predicted molar refractivity (Wildman–Crippen MR) is 148 cm³/mol. The number of carboxylic acid groups (broad SMARTS) is 1. The molecule has 39 heavy (non-hydrogen) atoms. The highest BCUT2D eigenvalue weighted by atomic mass is 16.6. The molecule has 0 fully saturated rings. The SMILES string of the molecule is CCCC(C)C(=O)O[C@@H](C)CC(N)(Cc1ccc(OC(=O)C(C)(C)CC)c(OC(=O)C(C)(C)CC)c1)C(=O)O. The first-order valence-corrected chi connectivity index (χ1v) is 13.7. The van der Waals surface area contributed by atoms with Crippen molar-refractivity contribution >= 4 is 23.9 Å². The molecule has 1 aromatic rings. The van der Waals surface area contributed by atoms with Gasteiger partial charge in [-0.1, -0.05) is 40.2 Å². The van der Waals surface area contributed by atoms with E-state index in [9.17, 15) is 24.3 Å². The van der Waals surface area contributed by atoms with Crippen molar-refractivity contribution in [2.45, 2.75) is 112 Å². The quantitative estimate of drug-likeness (QED) is 0.215. The van der Waals surface area contributed by atoms with Gasteiger partial charge in [0.1, 0.15) is 11.6 Å². The first-order chi connectivity index (χ1) is 17.9. The van der Waals surface area contributed by atoms with E-state index in [1.165, 1.54) is 12.1 Å². The number of nitrogens with two attached hydrogens (primary N) is 1. The second kappa shape index (κ2) is 13.9. The van der Waals surface area contributed by atoms with Gasteiger partial charge in [-0.3, -0.25) is 19.2 Å². The van der Waals surface area contributed by atoms with E-state index in [0.29, 0.717) is 24.8 Å². The van der Waals surface area contributed by atoms with Crippen molar-refractivity contribution in [3.05, 3.63) is 23.8 Å². The molecular weight excluding hydrogens is 502 g/mol. The van der Waals surface area contributed by atoms with Crippen LogP contribution in [0.3, 0.4) is 0 Å². The van der Waals surface area contributed by atoms with Crippen molar-refractivity contribution in [3.8, 4) is 11.5 Å². The number of esters is 3. The number of hydrogen-bond acceptors (Lipinski definition) is 8. The number of carboxylic acids is 1. The Balaban J connectivity index is 3.32. The van der Waals surface area contributed by atoms with Gasteiger partial charge >= 0.3 is 23.9 Å². The van der Waals surface area contributed by atoms with Gasteiger partial charge in [-0.25, -0.2) is 0 Å². The van der Waals surface area contributed by atoms with Crippen LogP contribution in [0, 0.1) is 16.7 Å². The van der Waals surface area contributed by atoms with Gasteiger partial charge in [0, 0.05) is 12.8 Å². The maximum Gasteiger partial charge on any atom is 0.324 e. The number of carbonyl (C=O) groups excluding carboxylic acids is 3. The molecule has 1 aromatic carbocycles. The number of rotatable bonds is 15. The Morgan fingerprint density at radius 3 is 1.87 bits per heavy atom. The Kier molecular flexibility index (Phi) is 12.2. The Morgan fingerprint density at radius 2 is 1.41 bits per heavy atom. The summed E-state index contributed by atoms with van der Waals surface area (Å²) in [5, 5.41) is 9.99. The normalized spacial score (nSPS) is 15.0. The van der Waals surface area contributed by atoms with Gasteiger partial charge in [-0.15, -0.1) is 0 Å². The van der Waals surface area contributed by atoms with E-state index in [0.717, 1.165) is 6.42 Å². The summed E-state index contributed by atoms with van der Waals surface area (Å²) in [6.45, 7) is 16.1. The highest BCUT2D eigenvalue weighted by molar-refractivity contribution is 5.82. The molecule has 9 nitrogen and oxygen atoms in total. The van der Waals surface area contributed by atoms with Gasteiger partial charge in [-0.05, 0) is 71.6 Å². The highest BCUT2D eigenvalue weighted by Crippen LogP contribution is 2.35. The summed E-state index contributed by atoms with van der Waals surface area (Å²) in [5.41, 5.74) is 3.45. The van der Waals surface area contributed by atoms with E-state index in [1.54, 1.807) is 47.6 Å². The van der Waals surface area contributed by atoms with Crippen LogP contribution in [0.15, 0.2) is 18.2 Å². The van der Waals surface area contributed by atoms with Gasteiger partial charge in [0.25, 0.3) is 0 Å². The summed E-state index contributed by atoms with van der Waals surface area (Å²) < 4.78 is 16.8. The standard InChI is InChI=1S/C30H47NO8/c1-10-13-19(4)24(32)37-20(5)17-30(31,25(33)34)18-21-14-15-22(38-26(35)28(6,7)11-2)23(16-21)39-27(36)29(8,9)12-3/h14-16,19-20H,10-13,17-18,31H2,1-9H3,(H,33,34)/t19?,20-,30?/m0/s1. The fraction of sp³-hybridized carbons (Fsp3) is 0.667. The van der Waals surface area contributed by atoms with Crippen molar-refractivity contribution < 1.29 is 38.5 Å². The molecule has 0 saturated heterocycles. The Hall–Kier alpha value is -2.94. The van der Waals surface area contributed by atoms with Gasteiger partial charge < -0.3 is 25.1 Å². The molecule has 0 saturated carbocycles. The van der Waals surface area contributed by atoms with Crippen LogP contribution < -0.4 is 15.2 Å². The molecule has 2 unspecified atom stereocenters. The molecule has 0 heterocycles. The molecule has 3 N–H and O–H groups in total. The molecule has 0 aliphatic carbocycles. The Morgan fingerprint density at radius 1 is 0.897 bits per heavy atom. The topological polar surface area (TPSA) is 142 Å². The van der Waals surface area contributed by atoms with Crippen molar-refractivity contribution in [3.63, 3.8) is 0 Å². The molecule has 9 heteroatoms. The van der Waals surface area contributed by atoms with Crippen molar-refractivity contribution in [2.24, 2.45) is 22.5 Å². The molecule has 0 bridgehead atoms. The third-order valence-electron chi connectivity index (χ3n) is 7.32. The second-order valence-corrected chi connectivity index (χ2v) is 11.8. The minimum atomic E-state index is -1.78. The highest BCUT2D eigenvalue weighted by Gasteiger charge is 2.38. The van der Waals surface area contributed by atoms with E-state index >= 15 is 0 Å². The van der Waals surface area contributed by atoms with Gasteiger partial charge in [0.15, 0.2) is 11.5 Å². The zero-order valence-corrected chi connectivity index (χ0v) is 25.0. The summed E-state index contributed by atoms with van der Waals surface area (Å²) in [4.78, 5) is 50.2. The summed E-state index contributed by atoms with van der Waals surface area (Å²) in [6, 6.07) is 4.52. The zero-order chi connectivity index (χ0) is 30.2. The van der Waals surface area contributed by atoms with Crippen LogP contribution >= 0.6 is 0 Å². The third kappa shape index (κ3) is 9.64. The molecule has 0 radical (unpaired) electrons. The minimum Gasteiger partial charge on any atom is -0.480 e. The first-order valence-electron chi connectivity index (χ1n) is 13.7. The van der Waals surface area contributed by atoms with Crippen LogP contribution in [0.4, 0.5) is 0 Å². The summed E-state index contributed by atoms with van der Waals surface area (Å²) in [5.74, 6) is -2.92. The van der Waals surface area contributed by atoms with Crippen LogP contribution in [0.2, 0.25) is 0 Å². The van der Waals surface area contributed by atoms with Crippen LogP contribution in [0.5, 0.6) is 11.5 Å².